The van der Waals surface area contributed by atoms with E-state index in [2.05, 4.69) is 26.1 Å². The monoisotopic (exact) mass is 411 g/mol. The van der Waals surface area contributed by atoms with Crippen LogP contribution in [-0.2, 0) is 9.59 Å². The number of hydrogen-bond donors (Lipinski definition) is 3. The lowest BCUT2D eigenvalue weighted by molar-refractivity contribution is -0.192. The van der Waals surface area contributed by atoms with Crippen LogP contribution < -0.4 is 5.32 Å². The first-order chi connectivity index (χ1) is 12.6. The van der Waals surface area contributed by atoms with Crippen molar-refractivity contribution >= 4 is 11.9 Å². The Bertz CT molecular complexity index is 715. The largest absolute Gasteiger partial charge is 0.490 e. The van der Waals surface area contributed by atoms with E-state index in [1.54, 1.807) is 0 Å². The molecule has 0 radical (unpaired) electrons. The molecule has 5 nitrogen and oxygen atoms in total. The van der Waals surface area contributed by atoms with Crippen LogP contribution in [0.15, 0.2) is 18.2 Å². The molecule has 1 fully saturated rings. The Balaban J connectivity index is 0.000000480. The normalized spacial score (nSPS) is 22.4. The summed E-state index contributed by atoms with van der Waals surface area (Å²) in [6.07, 6.45) is -3.81. The molecule has 2 rings (SSSR count). The standard InChI is InChI=1S/C16H21F2NO2.C2HF3O2/c1-16(2,3)8-9-7-11(14(19-9)15(20)21)10-5-4-6-12(17)13(10)18;3-2(4,5)1(6)7/h4-6,9,11,14,19H,7-8H2,1-3H3,(H,20,21);(H,6,7). The highest BCUT2D eigenvalue weighted by molar-refractivity contribution is 5.75. The third kappa shape index (κ3) is 6.74. The summed E-state index contributed by atoms with van der Waals surface area (Å²) in [5.74, 6) is -6.21. The lowest BCUT2D eigenvalue weighted by Gasteiger charge is -2.23. The summed E-state index contributed by atoms with van der Waals surface area (Å²) in [6, 6.07) is 3.04. The predicted molar refractivity (Wildman–Crippen MR) is 89.8 cm³/mol. The van der Waals surface area contributed by atoms with Crippen molar-refractivity contribution in [2.75, 3.05) is 0 Å². The lowest BCUT2D eigenvalue weighted by Crippen LogP contribution is -2.39. The van der Waals surface area contributed by atoms with E-state index >= 15 is 0 Å². The zero-order valence-corrected chi connectivity index (χ0v) is 15.5. The van der Waals surface area contributed by atoms with Crippen molar-refractivity contribution in [3.8, 4) is 0 Å². The van der Waals surface area contributed by atoms with Crippen molar-refractivity contribution in [1.82, 2.24) is 5.32 Å². The Morgan fingerprint density at radius 1 is 1.14 bits per heavy atom. The number of halogens is 5. The van der Waals surface area contributed by atoms with Gasteiger partial charge in [0.05, 0.1) is 0 Å². The number of alkyl halides is 3. The van der Waals surface area contributed by atoms with E-state index in [1.165, 1.54) is 12.1 Å². The van der Waals surface area contributed by atoms with Gasteiger partial charge in [-0.25, -0.2) is 13.6 Å². The molecule has 3 unspecified atom stereocenters. The zero-order valence-electron chi connectivity index (χ0n) is 15.5. The first kappa shape index (κ1) is 23.8. The van der Waals surface area contributed by atoms with Crippen LogP contribution in [0.1, 0.15) is 45.1 Å². The molecule has 3 N–H and O–H groups in total. The molecule has 28 heavy (non-hydrogen) atoms. The number of hydrogen-bond acceptors (Lipinski definition) is 3. The van der Waals surface area contributed by atoms with Crippen LogP contribution in [-0.4, -0.2) is 40.4 Å². The summed E-state index contributed by atoms with van der Waals surface area (Å²) >= 11 is 0. The maximum atomic E-state index is 14.0. The fourth-order valence-corrected chi connectivity index (χ4v) is 3.12. The van der Waals surface area contributed by atoms with Gasteiger partial charge in [0.15, 0.2) is 11.6 Å². The molecule has 0 aromatic heterocycles. The van der Waals surface area contributed by atoms with Gasteiger partial charge >= 0.3 is 18.1 Å². The van der Waals surface area contributed by atoms with Crippen LogP contribution in [0.25, 0.3) is 0 Å². The lowest BCUT2D eigenvalue weighted by atomic mass is 9.84. The minimum Gasteiger partial charge on any atom is -0.480 e. The number of carbonyl (C=O) groups is 2. The summed E-state index contributed by atoms with van der Waals surface area (Å²) in [4.78, 5) is 20.3. The Labute approximate surface area is 158 Å². The molecule has 3 atom stereocenters. The molecular weight excluding hydrogens is 389 g/mol. The molecular formula is C18H22F5NO4. The highest BCUT2D eigenvalue weighted by Crippen LogP contribution is 2.37. The van der Waals surface area contributed by atoms with Crippen molar-refractivity contribution in [3.63, 3.8) is 0 Å². The van der Waals surface area contributed by atoms with Gasteiger partial charge < -0.3 is 15.5 Å². The van der Waals surface area contributed by atoms with E-state index in [0.29, 0.717) is 6.42 Å². The Morgan fingerprint density at radius 3 is 2.11 bits per heavy atom. The molecule has 0 aliphatic carbocycles. The number of carboxylic acid groups (broad SMARTS) is 2. The molecule has 1 heterocycles. The molecule has 1 aromatic carbocycles. The molecule has 0 spiro atoms. The van der Waals surface area contributed by atoms with Crippen LogP contribution in [0.3, 0.4) is 0 Å². The molecule has 1 aliphatic rings. The summed E-state index contributed by atoms with van der Waals surface area (Å²) in [5.41, 5.74) is 0.183. The average Bonchev–Trinajstić information content (AvgIpc) is 2.91. The van der Waals surface area contributed by atoms with E-state index in [1.807, 2.05) is 0 Å². The van der Waals surface area contributed by atoms with E-state index in [-0.39, 0.29) is 17.0 Å². The Kier molecular flexibility index (Phi) is 7.52. The highest BCUT2D eigenvalue weighted by atomic mass is 19.4. The molecule has 1 aromatic rings. The number of aliphatic carboxylic acids is 2. The molecule has 0 amide bonds. The summed E-state index contributed by atoms with van der Waals surface area (Å²) in [5, 5.41) is 19.5. The molecule has 158 valence electrons. The fourth-order valence-electron chi connectivity index (χ4n) is 3.12. The number of benzene rings is 1. The number of nitrogens with one attached hydrogen (secondary N) is 1. The van der Waals surface area contributed by atoms with Gasteiger partial charge in [-0.1, -0.05) is 32.9 Å². The third-order valence-electron chi connectivity index (χ3n) is 4.10. The Morgan fingerprint density at radius 2 is 1.68 bits per heavy atom. The summed E-state index contributed by atoms with van der Waals surface area (Å²) in [7, 11) is 0. The van der Waals surface area contributed by atoms with Crippen LogP contribution in [0.5, 0.6) is 0 Å². The van der Waals surface area contributed by atoms with E-state index in [9.17, 15) is 31.9 Å². The molecule has 1 saturated heterocycles. The van der Waals surface area contributed by atoms with Gasteiger partial charge in [0.25, 0.3) is 0 Å². The first-order valence-corrected chi connectivity index (χ1v) is 8.36. The maximum Gasteiger partial charge on any atom is 0.490 e. The molecule has 1 aliphatic heterocycles. The van der Waals surface area contributed by atoms with Gasteiger partial charge in [-0.3, -0.25) is 4.79 Å². The van der Waals surface area contributed by atoms with Gasteiger partial charge in [0.2, 0.25) is 0 Å². The summed E-state index contributed by atoms with van der Waals surface area (Å²) in [6.45, 7) is 6.21. The number of rotatable bonds is 3. The number of carboxylic acids is 2. The molecule has 0 saturated carbocycles. The van der Waals surface area contributed by atoms with Crippen molar-refractivity contribution in [2.45, 2.75) is 57.8 Å². The molecule has 10 heteroatoms. The first-order valence-electron chi connectivity index (χ1n) is 8.36. The van der Waals surface area contributed by atoms with Gasteiger partial charge in [-0.15, -0.1) is 0 Å². The second-order valence-corrected chi connectivity index (χ2v) is 7.73. The Hall–Kier alpha value is -2.23. The summed E-state index contributed by atoms with van der Waals surface area (Å²) < 4.78 is 59.1. The van der Waals surface area contributed by atoms with Crippen molar-refractivity contribution in [3.05, 3.63) is 35.4 Å². The van der Waals surface area contributed by atoms with Crippen molar-refractivity contribution < 1.29 is 41.8 Å². The fraction of sp³-hybridized carbons (Fsp3) is 0.556. The van der Waals surface area contributed by atoms with E-state index in [0.717, 1.165) is 12.5 Å². The molecule has 0 bridgehead atoms. The minimum atomic E-state index is -5.08. The van der Waals surface area contributed by atoms with Crippen molar-refractivity contribution in [1.29, 1.82) is 0 Å². The maximum absolute atomic E-state index is 14.0. The average molecular weight is 411 g/mol. The predicted octanol–water partition coefficient (Wildman–Crippen LogP) is 3.93. The second kappa shape index (κ2) is 8.85. The van der Waals surface area contributed by atoms with E-state index < -0.39 is 41.7 Å². The van der Waals surface area contributed by atoms with Crippen LogP contribution in [0.2, 0.25) is 0 Å². The van der Waals surface area contributed by atoms with Gasteiger partial charge in [-0.05, 0) is 29.9 Å². The smallest absolute Gasteiger partial charge is 0.480 e. The van der Waals surface area contributed by atoms with Gasteiger partial charge in [0.1, 0.15) is 6.04 Å². The quantitative estimate of drug-likeness (QED) is 0.656. The van der Waals surface area contributed by atoms with Crippen molar-refractivity contribution in [2.24, 2.45) is 5.41 Å². The zero-order chi connectivity index (χ0) is 21.9. The minimum absolute atomic E-state index is 0.0150. The van der Waals surface area contributed by atoms with Crippen LogP contribution >= 0.6 is 0 Å². The topological polar surface area (TPSA) is 86.6 Å². The van der Waals surface area contributed by atoms with Crippen LogP contribution in [0.4, 0.5) is 22.0 Å². The van der Waals surface area contributed by atoms with Gasteiger partial charge in [0, 0.05) is 12.0 Å². The van der Waals surface area contributed by atoms with Gasteiger partial charge in [-0.2, -0.15) is 13.2 Å². The third-order valence-corrected chi connectivity index (χ3v) is 4.10. The highest BCUT2D eigenvalue weighted by Gasteiger charge is 2.41. The SMILES string of the molecule is CC(C)(C)CC1CC(c2cccc(F)c2F)C(C(=O)O)N1.O=C(O)C(F)(F)F. The van der Waals surface area contributed by atoms with Crippen LogP contribution in [0, 0.1) is 17.0 Å². The second-order valence-electron chi connectivity index (χ2n) is 7.73. The van der Waals surface area contributed by atoms with E-state index in [4.69, 9.17) is 9.90 Å².